The van der Waals surface area contributed by atoms with Crippen LogP contribution in [0.3, 0.4) is 0 Å². The quantitative estimate of drug-likeness (QED) is 0.168. The van der Waals surface area contributed by atoms with E-state index >= 15 is 0 Å². The Bertz CT molecular complexity index is 1530. The van der Waals surface area contributed by atoms with Gasteiger partial charge in [-0.05, 0) is 110 Å². The number of thiophene rings is 2. The molecular formula is C35H40N4OS2. The summed E-state index contributed by atoms with van der Waals surface area (Å²) in [5.74, 6) is 3.71. The second kappa shape index (κ2) is 10.7. The molecule has 4 aromatic rings. The van der Waals surface area contributed by atoms with E-state index in [0.717, 1.165) is 47.8 Å². The van der Waals surface area contributed by atoms with E-state index in [1.807, 2.05) is 41.0 Å². The number of hydrogen-bond acceptors (Lipinski definition) is 7. The van der Waals surface area contributed by atoms with Gasteiger partial charge in [0.05, 0.1) is 25.8 Å². The van der Waals surface area contributed by atoms with Gasteiger partial charge in [-0.15, -0.1) is 22.7 Å². The summed E-state index contributed by atoms with van der Waals surface area (Å²) >= 11 is 3.37. The first-order valence-corrected chi connectivity index (χ1v) is 17.6. The molecule has 5 nitrogen and oxygen atoms in total. The third kappa shape index (κ3) is 5.13. The van der Waals surface area contributed by atoms with Gasteiger partial charge in [-0.1, -0.05) is 37.5 Å². The number of benzene rings is 1. The highest BCUT2D eigenvalue weighted by atomic mass is 32.1. The van der Waals surface area contributed by atoms with Crippen molar-refractivity contribution < 1.29 is 4.79 Å². The summed E-state index contributed by atoms with van der Waals surface area (Å²) in [5, 5.41) is 16.3. The van der Waals surface area contributed by atoms with E-state index in [0.29, 0.717) is 11.1 Å². The minimum Gasteiger partial charge on any atom is -0.378 e. The molecule has 5 saturated carbocycles. The predicted octanol–water partition coefficient (Wildman–Crippen LogP) is 9.20. The summed E-state index contributed by atoms with van der Waals surface area (Å²) in [5.41, 5.74) is 2.23. The van der Waals surface area contributed by atoms with Gasteiger partial charge in [0.2, 0.25) is 5.78 Å². The lowest BCUT2D eigenvalue weighted by Crippen LogP contribution is -2.54. The topological polar surface area (TPSA) is 66.1 Å². The van der Waals surface area contributed by atoms with Gasteiger partial charge < -0.3 is 16.0 Å². The zero-order valence-electron chi connectivity index (χ0n) is 24.2. The van der Waals surface area contributed by atoms with Crippen LogP contribution in [0.5, 0.6) is 0 Å². The molecule has 0 unspecified atom stereocenters. The molecule has 9 rings (SSSR count). The van der Waals surface area contributed by atoms with E-state index in [4.69, 9.17) is 0 Å². The first kappa shape index (κ1) is 26.7. The number of fused-ring (bicyclic) bond motifs is 1. The van der Waals surface area contributed by atoms with Crippen molar-refractivity contribution in [1.82, 2.24) is 4.98 Å². The lowest BCUT2D eigenvalue weighted by molar-refractivity contribution is 0.0108. The molecule has 1 aromatic carbocycles. The minimum absolute atomic E-state index is 0.0416. The van der Waals surface area contributed by atoms with E-state index in [-0.39, 0.29) is 11.3 Å². The summed E-state index contributed by atoms with van der Waals surface area (Å²) in [4.78, 5) is 18.2. The number of anilines is 3. The Balaban J connectivity index is 0.983. The number of hydrogen-bond donors (Lipinski definition) is 3. The van der Waals surface area contributed by atoms with Gasteiger partial charge in [0, 0.05) is 23.8 Å². The van der Waals surface area contributed by atoms with Crippen molar-refractivity contribution in [2.24, 2.45) is 17.8 Å². The van der Waals surface area contributed by atoms with Crippen molar-refractivity contribution in [2.45, 2.75) is 81.7 Å². The van der Waals surface area contributed by atoms with Gasteiger partial charge in [0.15, 0.2) is 0 Å². The minimum atomic E-state index is -0.0546. The van der Waals surface area contributed by atoms with E-state index in [9.17, 15) is 4.79 Å². The maximum atomic E-state index is 12.7. The van der Waals surface area contributed by atoms with Crippen LogP contribution < -0.4 is 16.0 Å². The third-order valence-corrected chi connectivity index (χ3v) is 12.6. The van der Waals surface area contributed by atoms with Crippen LogP contribution in [0.1, 0.15) is 85.9 Å². The molecule has 0 atom stereocenters. The Morgan fingerprint density at radius 2 is 1.69 bits per heavy atom. The molecule has 0 amide bonds. The largest absolute Gasteiger partial charge is 0.378 e. The second-order valence-corrected chi connectivity index (χ2v) is 15.7. The number of pyridine rings is 1. The summed E-state index contributed by atoms with van der Waals surface area (Å²) in [7, 11) is 0. The zero-order chi connectivity index (χ0) is 28.1. The van der Waals surface area contributed by atoms with E-state index < -0.39 is 0 Å². The van der Waals surface area contributed by atoms with Gasteiger partial charge in [-0.3, -0.25) is 4.79 Å². The highest BCUT2D eigenvalue weighted by Crippen LogP contribution is 2.57. The SMILES string of the molecule is O=C(c1ccc(NC2(CNc3cc4cccc(NC56CC7CC(CC(C7)C5)C6)c4s3)CCCCC2)nc1)c1cccs1. The molecule has 3 heterocycles. The first-order valence-electron chi connectivity index (χ1n) is 15.9. The fourth-order valence-electron chi connectivity index (χ4n) is 9.05. The normalized spacial score (nSPS) is 27.7. The summed E-state index contributed by atoms with van der Waals surface area (Å²) in [6, 6.07) is 16.8. The fourth-order valence-corrected chi connectivity index (χ4v) is 10.8. The number of nitrogens with one attached hydrogen (secondary N) is 3. The molecule has 5 aliphatic carbocycles. The van der Waals surface area contributed by atoms with Crippen molar-refractivity contribution in [2.75, 3.05) is 22.5 Å². The molecular weight excluding hydrogens is 557 g/mol. The van der Waals surface area contributed by atoms with E-state index in [1.54, 1.807) is 6.20 Å². The van der Waals surface area contributed by atoms with Crippen LogP contribution in [0.25, 0.3) is 10.1 Å². The van der Waals surface area contributed by atoms with Crippen LogP contribution in [0.2, 0.25) is 0 Å². The molecule has 7 heteroatoms. The molecule has 0 aliphatic heterocycles. The van der Waals surface area contributed by atoms with Crippen LogP contribution in [0.15, 0.2) is 60.1 Å². The fraction of sp³-hybridized carbons (Fsp3) is 0.486. The van der Waals surface area contributed by atoms with Gasteiger partial charge >= 0.3 is 0 Å². The van der Waals surface area contributed by atoms with Gasteiger partial charge in [0.25, 0.3) is 0 Å². The number of carbonyl (C=O) groups is 1. The smallest absolute Gasteiger partial charge is 0.204 e. The van der Waals surface area contributed by atoms with Crippen LogP contribution >= 0.6 is 22.7 Å². The highest BCUT2D eigenvalue weighted by molar-refractivity contribution is 7.23. The van der Waals surface area contributed by atoms with Gasteiger partial charge in [-0.2, -0.15) is 0 Å². The monoisotopic (exact) mass is 596 g/mol. The number of aromatic nitrogens is 1. The van der Waals surface area contributed by atoms with Crippen molar-refractivity contribution in [1.29, 1.82) is 0 Å². The molecule has 0 spiro atoms. The Kier molecular flexibility index (Phi) is 6.79. The van der Waals surface area contributed by atoms with Crippen molar-refractivity contribution in [3.05, 3.63) is 70.5 Å². The number of rotatable bonds is 9. The van der Waals surface area contributed by atoms with Gasteiger partial charge in [0.1, 0.15) is 5.82 Å². The van der Waals surface area contributed by atoms with Crippen molar-refractivity contribution in [3.63, 3.8) is 0 Å². The maximum Gasteiger partial charge on any atom is 0.204 e. The van der Waals surface area contributed by atoms with Crippen LogP contribution in [-0.2, 0) is 0 Å². The molecule has 5 fully saturated rings. The molecule has 3 N–H and O–H groups in total. The zero-order valence-corrected chi connectivity index (χ0v) is 25.8. The average molecular weight is 597 g/mol. The molecule has 42 heavy (non-hydrogen) atoms. The lowest BCUT2D eigenvalue weighted by Gasteiger charge is -2.57. The second-order valence-electron chi connectivity index (χ2n) is 13.7. The van der Waals surface area contributed by atoms with E-state index in [1.165, 1.54) is 89.9 Å². The average Bonchev–Trinajstić information content (AvgIpc) is 3.67. The Hall–Kier alpha value is -2.90. The van der Waals surface area contributed by atoms with Gasteiger partial charge in [-0.25, -0.2) is 4.98 Å². The molecule has 3 aromatic heterocycles. The highest BCUT2D eigenvalue weighted by Gasteiger charge is 2.51. The molecule has 0 saturated heterocycles. The van der Waals surface area contributed by atoms with Crippen molar-refractivity contribution in [3.8, 4) is 0 Å². The molecule has 4 bridgehead atoms. The predicted molar refractivity (Wildman–Crippen MR) is 176 cm³/mol. The summed E-state index contributed by atoms with van der Waals surface area (Å²) < 4.78 is 1.38. The Morgan fingerprint density at radius 1 is 0.905 bits per heavy atom. The van der Waals surface area contributed by atoms with E-state index in [2.05, 4.69) is 45.2 Å². The molecule has 218 valence electrons. The molecule has 5 aliphatic rings. The summed E-state index contributed by atoms with van der Waals surface area (Å²) in [6.45, 7) is 0.856. The number of carbonyl (C=O) groups excluding carboxylic acids is 1. The number of ketones is 1. The third-order valence-electron chi connectivity index (χ3n) is 10.6. The summed E-state index contributed by atoms with van der Waals surface area (Å²) in [6.07, 6.45) is 16.2. The van der Waals surface area contributed by atoms with Crippen LogP contribution in [0, 0.1) is 17.8 Å². The Labute approximate surface area is 256 Å². The number of nitrogens with zero attached hydrogens (tertiary/aromatic N) is 1. The van der Waals surface area contributed by atoms with Crippen LogP contribution in [0.4, 0.5) is 16.5 Å². The first-order chi connectivity index (χ1) is 20.5. The molecule has 0 radical (unpaired) electrons. The van der Waals surface area contributed by atoms with Crippen molar-refractivity contribution >= 4 is 55.0 Å². The maximum absolute atomic E-state index is 12.7. The standard InChI is InChI=1S/C35H40N4OS2/c40-32(29-8-5-13-41-29)27-9-10-30(36-21-27)39-34(11-2-1-3-12-34)22-37-31-17-26-6-4-7-28(33(26)42-31)38-35-18-23-14-24(19-35)16-25(15-23)20-35/h4-10,13,17,21,23-25,37-38H,1-3,11-12,14-16,18-20,22H2,(H,36,39). The van der Waals surface area contributed by atoms with Crippen LogP contribution in [-0.4, -0.2) is 28.4 Å². The Morgan fingerprint density at radius 3 is 2.38 bits per heavy atom. The lowest BCUT2D eigenvalue weighted by atomic mass is 9.53.